The molecule has 0 spiro atoms. The Morgan fingerprint density at radius 3 is 2.38 bits per heavy atom. The van der Waals surface area contributed by atoms with Gasteiger partial charge in [-0.3, -0.25) is 0 Å². The Bertz CT molecular complexity index is 832. The number of ketones is 1. The van der Waals surface area contributed by atoms with E-state index in [2.05, 4.69) is 74.6 Å². The first kappa shape index (κ1) is 27.5. The molecule has 1 aromatic rings. The molecule has 1 aromatic carbocycles. The normalized spacial score (nSPS) is 13.8. The number of nitrogens with one attached hydrogen (secondary N) is 2. The van der Waals surface area contributed by atoms with Gasteiger partial charge in [-0.15, -0.1) is 0 Å². The lowest BCUT2D eigenvalue weighted by Crippen LogP contribution is -2.43. The average Bonchev–Trinajstić information content (AvgIpc) is 2.76. The van der Waals surface area contributed by atoms with Crippen LogP contribution in [0.15, 0.2) is 61.0 Å². The van der Waals surface area contributed by atoms with Gasteiger partial charge in [-0.05, 0) is 55.7 Å². The van der Waals surface area contributed by atoms with Crippen LogP contribution >= 0.6 is 0 Å². The second-order valence-electron chi connectivity index (χ2n) is 8.89. The van der Waals surface area contributed by atoms with Gasteiger partial charge in [-0.25, -0.2) is 0 Å². The number of aryl methyl sites for hydroxylation is 1. The van der Waals surface area contributed by atoms with E-state index in [1.54, 1.807) is 6.92 Å². The molecular formula is C29H44N2O. The van der Waals surface area contributed by atoms with E-state index in [0.29, 0.717) is 12.3 Å². The third kappa shape index (κ3) is 8.53. The summed E-state index contributed by atoms with van der Waals surface area (Å²) < 4.78 is 0. The first-order chi connectivity index (χ1) is 15.2. The van der Waals surface area contributed by atoms with Gasteiger partial charge in [0.15, 0.2) is 0 Å². The molecule has 0 aromatic heterocycles. The molecule has 0 aliphatic heterocycles. The van der Waals surface area contributed by atoms with Crippen LogP contribution in [-0.2, 0) is 17.6 Å². The summed E-state index contributed by atoms with van der Waals surface area (Å²) in [5.74, 6) is 0.533. The minimum absolute atomic E-state index is 0.0454. The third-order valence-corrected chi connectivity index (χ3v) is 5.70. The molecule has 176 valence electrons. The lowest BCUT2D eigenvalue weighted by Gasteiger charge is -2.31. The van der Waals surface area contributed by atoms with Crippen molar-refractivity contribution in [2.24, 2.45) is 5.92 Å². The van der Waals surface area contributed by atoms with Crippen LogP contribution < -0.4 is 10.6 Å². The van der Waals surface area contributed by atoms with Gasteiger partial charge in [0.25, 0.3) is 0 Å². The molecular weight excluding hydrogens is 392 g/mol. The predicted octanol–water partition coefficient (Wildman–Crippen LogP) is 6.76. The first-order valence-corrected chi connectivity index (χ1v) is 12.0. The Morgan fingerprint density at radius 2 is 1.78 bits per heavy atom. The second-order valence-corrected chi connectivity index (χ2v) is 8.89. The number of carbonyl (C=O) groups is 1. The van der Waals surface area contributed by atoms with E-state index in [-0.39, 0.29) is 17.9 Å². The van der Waals surface area contributed by atoms with E-state index in [4.69, 9.17) is 0 Å². The molecule has 1 aliphatic rings. The predicted molar refractivity (Wildman–Crippen MR) is 141 cm³/mol. The van der Waals surface area contributed by atoms with Gasteiger partial charge in [-0.2, -0.15) is 0 Å². The number of carbonyl (C=O) groups excluding carboxylic acids is 1. The maximum Gasteiger partial charge on any atom is 0.129 e. The van der Waals surface area contributed by atoms with Crippen molar-refractivity contribution in [2.45, 2.75) is 85.7 Å². The topological polar surface area (TPSA) is 41.1 Å². The van der Waals surface area contributed by atoms with Gasteiger partial charge in [0.1, 0.15) is 5.78 Å². The fraction of sp³-hybridized carbons (Fsp3) is 0.483. The molecule has 0 amide bonds. The highest BCUT2D eigenvalue weighted by Gasteiger charge is 2.21. The quantitative estimate of drug-likeness (QED) is 0.356. The molecule has 3 nitrogen and oxygen atoms in total. The van der Waals surface area contributed by atoms with Gasteiger partial charge >= 0.3 is 0 Å². The minimum Gasteiger partial charge on any atom is -0.381 e. The second kappa shape index (κ2) is 13.8. The molecule has 2 atom stereocenters. The summed E-state index contributed by atoms with van der Waals surface area (Å²) in [6.07, 6.45) is 8.78. The number of hydrogen-bond acceptors (Lipinski definition) is 3. The van der Waals surface area contributed by atoms with Crippen molar-refractivity contribution < 1.29 is 4.79 Å². The van der Waals surface area contributed by atoms with Crippen LogP contribution in [0.3, 0.4) is 0 Å². The average molecular weight is 437 g/mol. The lowest BCUT2D eigenvalue weighted by atomic mass is 9.91. The SMILES string of the molecule is C=C(Cc1cccc2c1C=CCC2)N[C@H](C(=C)NC(CCC(C)=O)C(=C)C)C(C)C.CC. The van der Waals surface area contributed by atoms with Crippen molar-refractivity contribution in [2.75, 3.05) is 0 Å². The van der Waals surface area contributed by atoms with Crippen LogP contribution in [0.5, 0.6) is 0 Å². The van der Waals surface area contributed by atoms with Crippen LogP contribution in [0.2, 0.25) is 0 Å². The van der Waals surface area contributed by atoms with E-state index in [1.165, 1.54) is 16.7 Å². The number of benzene rings is 1. The van der Waals surface area contributed by atoms with E-state index in [0.717, 1.165) is 42.7 Å². The Morgan fingerprint density at radius 1 is 1.09 bits per heavy atom. The Kier molecular flexibility index (Phi) is 11.8. The smallest absolute Gasteiger partial charge is 0.129 e. The lowest BCUT2D eigenvalue weighted by molar-refractivity contribution is -0.117. The monoisotopic (exact) mass is 436 g/mol. The molecule has 3 heteroatoms. The largest absolute Gasteiger partial charge is 0.381 e. The van der Waals surface area contributed by atoms with E-state index < -0.39 is 0 Å². The highest BCUT2D eigenvalue weighted by Crippen LogP contribution is 2.25. The molecule has 2 rings (SSSR count). The van der Waals surface area contributed by atoms with Crippen LogP contribution in [0.1, 0.15) is 77.5 Å². The van der Waals surface area contributed by atoms with Crippen molar-refractivity contribution in [3.05, 3.63) is 77.7 Å². The Hall–Kier alpha value is -2.55. The Labute approximate surface area is 196 Å². The number of allylic oxidation sites excluding steroid dienone is 2. The summed E-state index contributed by atoms with van der Waals surface area (Å²) in [6, 6.07) is 6.65. The number of rotatable bonds is 12. The minimum atomic E-state index is 0.0454. The standard InChI is InChI=1S/C27H38N2O.C2H6/c1-18(2)26(16-15-21(6)30)29-22(7)27(19(3)4)28-20(5)17-24-13-10-12-23-11-8-9-14-25(23)24;1-2/h9-10,12-14,19,26-29H,1,5,7-8,11,15-17H2,2-4,6H3;1-2H3/t26?,27-;/m0./s1. The van der Waals surface area contributed by atoms with Gasteiger partial charge in [0.2, 0.25) is 0 Å². The number of hydrogen-bond donors (Lipinski definition) is 2. The summed E-state index contributed by atoms with van der Waals surface area (Å²) >= 11 is 0. The van der Waals surface area contributed by atoms with Gasteiger partial charge in [0, 0.05) is 30.3 Å². The van der Waals surface area contributed by atoms with Crippen LogP contribution in [0, 0.1) is 5.92 Å². The molecule has 0 saturated carbocycles. The maximum absolute atomic E-state index is 11.4. The highest BCUT2D eigenvalue weighted by molar-refractivity contribution is 5.75. The van der Waals surface area contributed by atoms with E-state index >= 15 is 0 Å². The highest BCUT2D eigenvalue weighted by atomic mass is 16.1. The molecule has 0 bridgehead atoms. The van der Waals surface area contributed by atoms with Gasteiger partial charge < -0.3 is 15.4 Å². The summed E-state index contributed by atoms with van der Waals surface area (Å²) in [6.45, 7) is 24.7. The first-order valence-electron chi connectivity index (χ1n) is 12.0. The van der Waals surface area contributed by atoms with Crippen LogP contribution in [0.4, 0.5) is 0 Å². The molecule has 0 radical (unpaired) electrons. The van der Waals surface area contributed by atoms with Gasteiger partial charge in [-0.1, -0.05) is 83.4 Å². The van der Waals surface area contributed by atoms with Crippen molar-refractivity contribution in [1.82, 2.24) is 10.6 Å². The van der Waals surface area contributed by atoms with Crippen molar-refractivity contribution in [3.8, 4) is 0 Å². The van der Waals surface area contributed by atoms with Crippen molar-refractivity contribution >= 4 is 11.9 Å². The van der Waals surface area contributed by atoms with Gasteiger partial charge in [0.05, 0.1) is 6.04 Å². The summed E-state index contributed by atoms with van der Waals surface area (Å²) in [5, 5.41) is 7.11. The molecule has 32 heavy (non-hydrogen) atoms. The third-order valence-electron chi connectivity index (χ3n) is 5.70. The molecule has 1 aliphatic carbocycles. The van der Waals surface area contributed by atoms with E-state index in [1.807, 2.05) is 20.8 Å². The molecule has 2 N–H and O–H groups in total. The molecule has 0 fully saturated rings. The fourth-order valence-electron chi connectivity index (χ4n) is 3.95. The zero-order chi connectivity index (χ0) is 24.3. The van der Waals surface area contributed by atoms with Crippen molar-refractivity contribution in [3.63, 3.8) is 0 Å². The summed E-state index contributed by atoms with van der Waals surface area (Å²) in [4.78, 5) is 11.4. The van der Waals surface area contributed by atoms with E-state index in [9.17, 15) is 4.79 Å². The number of fused-ring (bicyclic) bond motifs is 1. The van der Waals surface area contributed by atoms with Crippen LogP contribution in [-0.4, -0.2) is 17.9 Å². The summed E-state index contributed by atoms with van der Waals surface area (Å²) in [7, 11) is 0. The zero-order valence-electron chi connectivity index (χ0n) is 21.2. The van der Waals surface area contributed by atoms with Crippen molar-refractivity contribution in [1.29, 1.82) is 0 Å². The number of Topliss-reactive ketones (excluding diaryl/α,β-unsaturated/α-hetero) is 1. The summed E-state index contributed by atoms with van der Waals surface area (Å²) in [5.41, 5.74) is 6.99. The maximum atomic E-state index is 11.4. The molecule has 1 unspecified atom stereocenters. The Balaban J connectivity index is 0.00000249. The zero-order valence-corrected chi connectivity index (χ0v) is 21.2. The fourth-order valence-corrected chi connectivity index (χ4v) is 3.95. The van der Waals surface area contributed by atoms with Crippen LogP contribution in [0.25, 0.3) is 6.08 Å². The molecule has 0 saturated heterocycles. The molecule has 0 heterocycles.